The molecule has 17 heavy (non-hydrogen) atoms. The van der Waals surface area contributed by atoms with E-state index < -0.39 is 5.38 Å². The number of carbonyl (C=O) groups is 2. The monoisotopic (exact) mass is 318 g/mol. The van der Waals surface area contributed by atoms with E-state index in [4.69, 9.17) is 11.6 Å². The van der Waals surface area contributed by atoms with Gasteiger partial charge in [0.25, 0.3) is 0 Å². The molecule has 0 radical (unpaired) electrons. The predicted molar refractivity (Wildman–Crippen MR) is 69.1 cm³/mol. The molecular weight excluding hydrogens is 307 g/mol. The van der Waals surface area contributed by atoms with E-state index >= 15 is 0 Å². The van der Waals surface area contributed by atoms with E-state index in [1.54, 1.807) is 18.2 Å². The Kier molecular flexibility index (Phi) is 5.15. The zero-order valence-electron chi connectivity index (χ0n) is 9.50. The van der Waals surface area contributed by atoms with Gasteiger partial charge in [-0.3, -0.25) is 9.59 Å². The maximum atomic E-state index is 11.2. The first-order valence-electron chi connectivity index (χ1n) is 4.95. The maximum Gasteiger partial charge on any atom is 0.309 e. The van der Waals surface area contributed by atoms with Gasteiger partial charge in [-0.15, -0.1) is 11.6 Å². The number of rotatable bonds is 4. The highest BCUT2D eigenvalue weighted by Gasteiger charge is 2.17. The lowest BCUT2D eigenvalue weighted by Gasteiger charge is -2.10. The Morgan fingerprint density at radius 2 is 2.12 bits per heavy atom. The minimum absolute atomic E-state index is 0.136. The number of ether oxygens (including phenoxy) is 1. The van der Waals surface area contributed by atoms with Crippen molar-refractivity contribution in [2.45, 2.75) is 18.7 Å². The van der Waals surface area contributed by atoms with Gasteiger partial charge in [0.2, 0.25) is 0 Å². The molecule has 0 saturated heterocycles. The summed E-state index contributed by atoms with van der Waals surface area (Å²) in [7, 11) is 1.34. The Balaban J connectivity index is 3.02. The van der Waals surface area contributed by atoms with Gasteiger partial charge < -0.3 is 4.74 Å². The number of Topliss-reactive ketones (excluding diaryl/α,β-unsaturated/α-hetero) is 1. The van der Waals surface area contributed by atoms with Crippen LogP contribution in [0.2, 0.25) is 0 Å². The summed E-state index contributed by atoms with van der Waals surface area (Å²) >= 11 is 9.32. The Morgan fingerprint density at radius 3 is 2.65 bits per heavy atom. The molecule has 0 aliphatic heterocycles. The van der Waals surface area contributed by atoms with E-state index in [2.05, 4.69) is 20.7 Å². The first-order valence-corrected chi connectivity index (χ1v) is 6.18. The molecule has 0 bridgehead atoms. The van der Waals surface area contributed by atoms with Crippen LogP contribution in [0.5, 0.6) is 0 Å². The second kappa shape index (κ2) is 6.17. The normalized spacial score (nSPS) is 12.0. The molecule has 0 aliphatic rings. The first-order chi connectivity index (χ1) is 7.95. The number of ketones is 1. The van der Waals surface area contributed by atoms with Crippen molar-refractivity contribution in [1.29, 1.82) is 0 Å². The van der Waals surface area contributed by atoms with Crippen LogP contribution in [0.25, 0.3) is 0 Å². The zero-order chi connectivity index (χ0) is 13.0. The average molecular weight is 320 g/mol. The molecule has 0 aromatic heterocycles. The Morgan fingerprint density at radius 1 is 1.47 bits per heavy atom. The van der Waals surface area contributed by atoms with Crippen molar-refractivity contribution in [2.24, 2.45) is 0 Å². The van der Waals surface area contributed by atoms with Gasteiger partial charge >= 0.3 is 5.97 Å². The number of hydrogen-bond acceptors (Lipinski definition) is 3. The summed E-state index contributed by atoms with van der Waals surface area (Å²) in [4.78, 5) is 22.4. The second-order valence-corrected chi connectivity index (χ2v) is 4.87. The first kappa shape index (κ1) is 14.2. The van der Waals surface area contributed by atoms with Crippen LogP contribution in [-0.2, 0) is 20.7 Å². The average Bonchev–Trinajstić information content (AvgIpc) is 2.30. The smallest absolute Gasteiger partial charge is 0.309 e. The predicted octanol–water partition coefficient (Wildman–Crippen LogP) is 3.03. The van der Waals surface area contributed by atoms with E-state index in [1.165, 1.54) is 14.0 Å². The minimum atomic E-state index is -0.707. The molecule has 0 amide bonds. The van der Waals surface area contributed by atoms with Crippen molar-refractivity contribution in [2.75, 3.05) is 7.11 Å². The quantitative estimate of drug-likeness (QED) is 0.633. The van der Waals surface area contributed by atoms with Gasteiger partial charge in [-0.2, -0.15) is 0 Å². The maximum absolute atomic E-state index is 11.2. The fourth-order valence-corrected chi connectivity index (χ4v) is 2.14. The number of halogens is 2. The van der Waals surface area contributed by atoms with Gasteiger partial charge in [0.1, 0.15) is 5.38 Å². The van der Waals surface area contributed by atoms with Crippen LogP contribution in [0.1, 0.15) is 23.4 Å². The largest absolute Gasteiger partial charge is 0.469 e. The van der Waals surface area contributed by atoms with Gasteiger partial charge in [-0.05, 0) is 24.1 Å². The molecule has 5 heteroatoms. The van der Waals surface area contributed by atoms with Crippen molar-refractivity contribution < 1.29 is 14.3 Å². The SMILES string of the molecule is COC(=O)Cc1ccc(Br)c(C(Cl)C(C)=O)c1. The third-order valence-electron chi connectivity index (χ3n) is 2.27. The van der Waals surface area contributed by atoms with Crippen molar-refractivity contribution in [1.82, 2.24) is 0 Å². The summed E-state index contributed by atoms with van der Waals surface area (Å²) in [6.45, 7) is 1.43. The fourth-order valence-electron chi connectivity index (χ4n) is 1.36. The molecule has 1 rings (SSSR count). The van der Waals surface area contributed by atoms with Crippen LogP contribution in [-0.4, -0.2) is 18.9 Å². The molecule has 0 heterocycles. The molecule has 0 aliphatic carbocycles. The molecule has 3 nitrogen and oxygen atoms in total. The lowest BCUT2D eigenvalue weighted by atomic mass is 10.0. The van der Waals surface area contributed by atoms with Crippen molar-refractivity contribution in [3.8, 4) is 0 Å². The summed E-state index contributed by atoms with van der Waals surface area (Å²) in [5.74, 6) is -0.463. The molecule has 0 saturated carbocycles. The second-order valence-electron chi connectivity index (χ2n) is 3.58. The Labute approximate surface area is 113 Å². The number of esters is 1. The highest BCUT2D eigenvalue weighted by Crippen LogP contribution is 2.29. The molecule has 0 fully saturated rings. The summed E-state index contributed by atoms with van der Waals surface area (Å²) < 4.78 is 5.33. The standard InChI is InChI=1S/C12H12BrClO3/c1-7(15)12(14)9-5-8(3-4-10(9)13)6-11(16)17-2/h3-5,12H,6H2,1-2H3. The summed E-state index contributed by atoms with van der Waals surface area (Å²) in [5.41, 5.74) is 1.43. The van der Waals surface area contributed by atoms with Crippen LogP contribution in [0.3, 0.4) is 0 Å². The highest BCUT2D eigenvalue weighted by atomic mass is 79.9. The van der Waals surface area contributed by atoms with Crippen LogP contribution >= 0.6 is 27.5 Å². The molecular formula is C12H12BrClO3. The number of hydrogen-bond donors (Lipinski definition) is 0. The summed E-state index contributed by atoms with van der Waals surface area (Å²) in [5, 5.41) is -0.707. The number of carbonyl (C=O) groups excluding carboxylic acids is 2. The molecule has 0 spiro atoms. The van der Waals surface area contributed by atoms with Crippen molar-refractivity contribution in [3.63, 3.8) is 0 Å². The van der Waals surface area contributed by atoms with Crippen molar-refractivity contribution in [3.05, 3.63) is 33.8 Å². The van der Waals surface area contributed by atoms with E-state index in [9.17, 15) is 9.59 Å². The van der Waals surface area contributed by atoms with Crippen LogP contribution < -0.4 is 0 Å². The lowest BCUT2D eigenvalue weighted by molar-refractivity contribution is -0.139. The lowest BCUT2D eigenvalue weighted by Crippen LogP contribution is -2.07. The molecule has 1 aromatic carbocycles. The number of alkyl halides is 1. The zero-order valence-corrected chi connectivity index (χ0v) is 11.8. The summed E-state index contributed by atoms with van der Waals surface area (Å²) in [6, 6.07) is 5.29. The van der Waals surface area contributed by atoms with Gasteiger partial charge in [0.15, 0.2) is 5.78 Å². The molecule has 1 atom stereocenters. The molecule has 1 aromatic rings. The third kappa shape index (κ3) is 3.82. The van der Waals surface area contributed by atoms with Gasteiger partial charge in [-0.25, -0.2) is 0 Å². The van der Waals surface area contributed by atoms with Gasteiger partial charge in [0.05, 0.1) is 13.5 Å². The van der Waals surface area contributed by atoms with Crippen LogP contribution in [0, 0.1) is 0 Å². The van der Waals surface area contributed by atoms with Gasteiger partial charge in [0, 0.05) is 4.47 Å². The fraction of sp³-hybridized carbons (Fsp3) is 0.333. The van der Waals surface area contributed by atoms with Crippen LogP contribution in [0.4, 0.5) is 0 Å². The van der Waals surface area contributed by atoms with Crippen molar-refractivity contribution >= 4 is 39.3 Å². The highest BCUT2D eigenvalue weighted by molar-refractivity contribution is 9.10. The van der Waals surface area contributed by atoms with E-state index in [0.717, 1.165) is 10.0 Å². The molecule has 92 valence electrons. The Hall–Kier alpha value is -0.870. The minimum Gasteiger partial charge on any atom is -0.469 e. The van der Waals surface area contributed by atoms with Crippen LogP contribution in [0.15, 0.2) is 22.7 Å². The topological polar surface area (TPSA) is 43.4 Å². The van der Waals surface area contributed by atoms with Gasteiger partial charge in [-0.1, -0.05) is 28.1 Å². The summed E-state index contributed by atoms with van der Waals surface area (Å²) in [6.07, 6.45) is 0.165. The third-order valence-corrected chi connectivity index (χ3v) is 3.53. The van der Waals surface area contributed by atoms with E-state index in [-0.39, 0.29) is 18.2 Å². The van der Waals surface area contributed by atoms with E-state index in [1.807, 2.05) is 0 Å². The van der Waals surface area contributed by atoms with E-state index in [0.29, 0.717) is 5.56 Å². The number of methoxy groups -OCH3 is 1. The number of benzene rings is 1. The Bertz CT molecular complexity index is 445. The molecule has 0 N–H and O–H groups in total. The molecule has 1 unspecified atom stereocenters.